The molecule has 0 aromatic heterocycles. The van der Waals surface area contributed by atoms with Gasteiger partial charge in [-0.1, -0.05) is 30.3 Å². The molecule has 0 spiro atoms. The Morgan fingerprint density at radius 2 is 1.81 bits per heavy atom. The molecule has 0 atom stereocenters. The molecule has 3 N–H and O–H groups in total. The van der Waals surface area contributed by atoms with Crippen molar-refractivity contribution in [3.63, 3.8) is 0 Å². The first kappa shape index (κ1) is 18.7. The van der Waals surface area contributed by atoms with Crippen molar-refractivity contribution >= 4 is 64.1 Å². The molecule has 1 aromatic carbocycles. The van der Waals surface area contributed by atoms with Crippen LogP contribution in [0, 0.1) is 0 Å². The molecule has 1 fully saturated rings. The van der Waals surface area contributed by atoms with Crippen LogP contribution in [0.5, 0.6) is 0 Å². The van der Waals surface area contributed by atoms with Gasteiger partial charge in [0, 0.05) is 6.54 Å². The molecule has 3 rings (SSSR count). The minimum Gasteiger partial charge on any atom is -0.378 e. The summed E-state index contributed by atoms with van der Waals surface area (Å²) in [7, 11) is 0. The van der Waals surface area contributed by atoms with Gasteiger partial charge in [-0.05, 0) is 47.3 Å². The number of aliphatic imine (C=N–C) groups is 1. The Hall–Kier alpha value is -3.04. The lowest BCUT2D eigenvalue weighted by Crippen LogP contribution is -2.53. The van der Waals surface area contributed by atoms with E-state index in [1.165, 1.54) is 17.1 Å². The zero-order valence-electron chi connectivity index (χ0n) is 14.0. The molecule has 0 bridgehead atoms. The van der Waals surface area contributed by atoms with Crippen LogP contribution in [0.2, 0.25) is 0 Å². The topological polar surface area (TPSA) is 105 Å². The van der Waals surface area contributed by atoms with E-state index in [2.05, 4.69) is 16.9 Å². The van der Waals surface area contributed by atoms with Crippen LogP contribution in [-0.2, 0) is 14.4 Å². The number of amides is 3. The summed E-state index contributed by atoms with van der Waals surface area (Å²) in [5.41, 5.74) is 6.93. The summed E-state index contributed by atoms with van der Waals surface area (Å²) in [5.74, 6) is -1.39. The van der Waals surface area contributed by atoms with Gasteiger partial charge in [-0.2, -0.15) is 4.99 Å². The molecule has 2 heterocycles. The highest BCUT2D eigenvalue weighted by Gasteiger charge is 2.32. The van der Waals surface area contributed by atoms with E-state index in [1.807, 2.05) is 0 Å². The van der Waals surface area contributed by atoms with E-state index in [-0.39, 0.29) is 28.3 Å². The van der Waals surface area contributed by atoms with Crippen LogP contribution in [0.4, 0.5) is 0 Å². The number of thiocarbonyl (C=S) groups is 1. The number of amidine groups is 1. The van der Waals surface area contributed by atoms with Gasteiger partial charge >= 0.3 is 0 Å². The second kappa shape index (κ2) is 7.68. The average molecular weight is 398 g/mol. The van der Waals surface area contributed by atoms with Gasteiger partial charge in [-0.25, -0.2) is 0 Å². The summed E-state index contributed by atoms with van der Waals surface area (Å²) in [5, 5.41) is 2.77. The van der Waals surface area contributed by atoms with Crippen molar-refractivity contribution in [1.29, 1.82) is 0 Å². The number of nitrogens with zero attached hydrogens (tertiary/aromatic N) is 2. The molecule has 2 aliphatic rings. The van der Waals surface area contributed by atoms with Gasteiger partial charge in [0.15, 0.2) is 10.3 Å². The van der Waals surface area contributed by atoms with Crippen molar-refractivity contribution in [2.24, 2.45) is 10.7 Å². The fraction of sp³-hybridized carbons (Fsp3) is 0.0556. The molecule has 2 aliphatic heterocycles. The number of carbonyl (C=O) groups is 3. The van der Waals surface area contributed by atoms with Gasteiger partial charge in [0.25, 0.3) is 17.7 Å². The first-order valence-corrected chi connectivity index (χ1v) is 8.99. The van der Waals surface area contributed by atoms with Crippen molar-refractivity contribution < 1.29 is 14.4 Å². The summed E-state index contributed by atoms with van der Waals surface area (Å²) in [6.45, 7) is 3.79. The lowest BCUT2D eigenvalue weighted by molar-refractivity contribution is -0.128. The van der Waals surface area contributed by atoms with E-state index in [0.29, 0.717) is 10.5 Å². The zero-order chi connectivity index (χ0) is 19.6. The molecule has 0 radical (unpaired) electrons. The number of carbonyl (C=O) groups excluding carboxylic acids is 3. The van der Waals surface area contributed by atoms with Crippen LogP contribution in [0.25, 0.3) is 12.2 Å². The molecule has 1 saturated heterocycles. The fourth-order valence-corrected chi connectivity index (χ4v) is 3.35. The summed E-state index contributed by atoms with van der Waals surface area (Å²) in [6.07, 6.45) is 4.69. The number of hydrogen-bond donors (Lipinski definition) is 2. The van der Waals surface area contributed by atoms with Gasteiger partial charge in [-0.3, -0.25) is 24.6 Å². The Kier molecular flexibility index (Phi) is 5.33. The molecule has 7 nitrogen and oxygen atoms in total. The number of nitrogens with one attached hydrogen (secondary N) is 1. The average Bonchev–Trinajstić information content (AvgIpc) is 2.94. The van der Waals surface area contributed by atoms with Gasteiger partial charge in [0.2, 0.25) is 0 Å². The lowest BCUT2D eigenvalue weighted by Gasteiger charge is -2.27. The van der Waals surface area contributed by atoms with Crippen molar-refractivity contribution in [2.75, 3.05) is 6.54 Å². The van der Waals surface area contributed by atoms with E-state index in [9.17, 15) is 14.4 Å². The lowest BCUT2D eigenvalue weighted by atomic mass is 10.1. The SMILES string of the molecule is C=CCN1C(=O)C(=Cc2ccc(C=C3SC(N)=NC3=O)cc2)C(=O)NC1=S. The first-order chi connectivity index (χ1) is 12.9. The largest absolute Gasteiger partial charge is 0.378 e. The first-order valence-electron chi connectivity index (χ1n) is 7.77. The fourth-order valence-electron chi connectivity index (χ4n) is 2.42. The highest BCUT2D eigenvalue weighted by Crippen LogP contribution is 2.26. The van der Waals surface area contributed by atoms with Gasteiger partial charge in [0.1, 0.15) is 5.57 Å². The smallest absolute Gasteiger partial charge is 0.286 e. The van der Waals surface area contributed by atoms with Crippen molar-refractivity contribution in [2.45, 2.75) is 0 Å². The minimum atomic E-state index is -0.544. The Morgan fingerprint density at radius 1 is 1.19 bits per heavy atom. The number of hydrogen-bond acceptors (Lipinski definition) is 6. The second-order valence-electron chi connectivity index (χ2n) is 5.55. The Bertz CT molecular complexity index is 961. The second-order valence-corrected chi connectivity index (χ2v) is 7.00. The van der Waals surface area contributed by atoms with E-state index in [1.54, 1.807) is 30.3 Å². The van der Waals surface area contributed by atoms with Crippen molar-refractivity contribution in [3.8, 4) is 0 Å². The van der Waals surface area contributed by atoms with E-state index in [4.69, 9.17) is 18.0 Å². The van der Waals surface area contributed by atoms with E-state index >= 15 is 0 Å². The predicted molar refractivity (Wildman–Crippen MR) is 109 cm³/mol. The van der Waals surface area contributed by atoms with Gasteiger partial charge < -0.3 is 5.73 Å². The Labute approximate surface area is 164 Å². The van der Waals surface area contributed by atoms with Crippen molar-refractivity contribution in [3.05, 3.63) is 58.5 Å². The summed E-state index contributed by atoms with van der Waals surface area (Å²) < 4.78 is 0. The van der Waals surface area contributed by atoms with Crippen LogP contribution in [0.1, 0.15) is 11.1 Å². The molecule has 27 heavy (non-hydrogen) atoms. The maximum Gasteiger partial charge on any atom is 0.286 e. The summed E-state index contributed by atoms with van der Waals surface area (Å²) >= 11 is 6.12. The molecule has 1 aromatic rings. The predicted octanol–water partition coefficient (Wildman–Crippen LogP) is 1.43. The highest BCUT2D eigenvalue weighted by molar-refractivity contribution is 8.18. The number of nitrogens with two attached hydrogens (primary N) is 1. The molecule has 0 saturated carbocycles. The number of benzene rings is 1. The number of rotatable bonds is 4. The third kappa shape index (κ3) is 4.04. The highest BCUT2D eigenvalue weighted by atomic mass is 32.2. The van der Waals surface area contributed by atoms with E-state index < -0.39 is 11.8 Å². The molecule has 0 aliphatic carbocycles. The maximum absolute atomic E-state index is 12.5. The van der Waals surface area contributed by atoms with Gasteiger partial charge in [-0.15, -0.1) is 6.58 Å². The Balaban J connectivity index is 1.83. The van der Waals surface area contributed by atoms with Crippen LogP contribution in [-0.4, -0.2) is 39.4 Å². The number of thioether (sulfide) groups is 1. The minimum absolute atomic E-state index is 0.0146. The molecule has 3 amide bonds. The third-order valence-electron chi connectivity index (χ3n) is 3.68. The van der Waals surface area contributed by atoms with E-state index in [0.717, 1.165) is 17.3 Å². The zero-order valence-corrected chi connectivity index (χ0v) is 15.6. The van der Waals surface area contributed by atoms with Crippen LogP contribution in [0.3, 0.4) is 0 Å². The standard InChI is InChI=1S/C18H14N4O3S2/c1-2-7-22-16(25)12(14(23)21-18(22)26)8-10-3-5-11(6-4-10)9-13-15(24)20-17(19)27-13/h2-6,8-9H,1,7H2,(H2,19,20,24)(H,21,23,26). The van der Waals surface area contributed by atoms with Crippen LogP contribution < -0.4 is 11.1 Å². The molecular formula is C18H14N4O3S2. The normalized spacial score (nSPS) is 20.3. The summed E-state index contributed by atoms with van der Waals surface area (Å²) in [6, 6.07) is 7.00. The van der Waals surface area contributed by atoms with Crippen LogP contribution in [0.15, 0.2) is 52.4 Å². The maximum atomic E-state index is 12.5. The monoisotopic (exact) mass is 398 g/mol. The third-order valence-corrected chi connectivity index (χ3v) is 4.82. The molecule has 0 unspecified atom stereocenters. The molecule has 136 valence electrons. The van der Waals surface area contributed by atoms with Crippen molar-refractivity contribution in [1.82, 2.24) is 10.2 Å². The van der Waals surface area contributed by atoms with Crippen LogP contribution >= 0.6 is 24.0 Å². The Morgan fingerprint density at radius 3 is 2.37 bits per heavy atom. The molecular weight excluding hydrogens is 384 g/mol. The molecule has 9 heteroatoms. The quantitative estimate of drug-likeness (QED) is 0.344. The van der Waals surface area contributed by atoms with Gasteiger partial charge in [0.05, 0.1) is 4.91 Å². The summed E-state index contributed by atoms with van der Waals surface area (Å²) in [4.78, 5) is 41.6.